The molecule has 0 atom stereocenters. The van der Waals surface area contributed by atoms with E-state index >= 15 is 0 Å². The van der Waals surface area contributed by atoms with Crippen molar-refractivity contribution in [2.45, 2.75) is 5.16 Å². The first-order chi connectivity index (χ1) is 16.0. The van der Waals surface area contributed by atoms with Crippen LogP contribution in [0.1, 0.15) is 5.56 Å². The number of aromatic amines is 1. The molecule has 10 heteroatoms. The lowest BCUT2D eigenvalue weighted by molar-refractivity contribution is -0.625. The number of aromatic nitrogens is 3. The number of H-pyrrole nitrogens is 1. The molecule has 1 heterocycles. The number of carbonyl (C=O) groups is 1. The Hall–Kier alpha value is -3.33. The zero-order chi connectivity index (χ0) is 23.2. The summed E-state index contributed by atoms with van der Waals surface area (Å²) in [6, 6.07) is 21.3. The second-order valence-corrected chi connectivity index (χ2v) is 8.67. The topological polar surface area (TPSA) is 94.3 Å². The van der Waals surface area contributed by atoms with Gasteiger partial charge in [0.25, 0.3) is 11.7 Å². The van der Waals surface area contributed by atoms with Gasteiger partial charge in [0.05, 0.1) is 22.6 Å². The average Bonchev–Trinajstić information content (AvgIpc) is 3.23. The number of hydrogen-bond donors (Lipinski definition) is 3. The molecule has 3 N–H and O–H groups in total. The summed E-state index contributed by atoms with van der Waals surface area (Å²) >= 11 is 13.3. The van der Waals surface area contributed by atoms with Crippen LogP contribution in [0.2, 0.25) is 10.0 Å². The van der Waals surface area contributed by atoms with Crippen LogP contribution in [0.15, 0.2) is 83.1 Å². The number of benzene rings is 3. The number of phenols is 1. The van der Waals surface area contributed by atoms with Crippen LogP contribution in [0.3, 0.4) is 0 Å². The second-order valence-electron chi connectivity index (χ2n) is 6.85. The highest BCUT2D eigenvalue weighted by Gasteiger charge is 2.24. The van der Waals surface area contributed by atoms with Gasteiger partial charge >= 0.3 is 5.16 Å². The highest BCUT2D eigenvalue weighted by Crippen LogP contribution is 2.22. The van der Waals surface area contributed by atoms with E-state index in [2.05, 4.69) is 20.7 Å². The van der Waals surface area contributed by atoms with Crippen molar-refractivity contribution in [1.29, 1.82) is 0 Å². The van der Waals surface area contributed by atoms with Crippen molar-refractivity contribution in [1.82, 2.24) is 15.6 Å². The third kappa shape index (κ3) is 5.92. The third-order valence-electron chi connectivity index (χ3n) is 4.48. The van der Waals surface area contributed by atoms with E-state index in [0.717, 1.165) is 17.1 Å². The summed E-state index contributed by atoms with van der Waals surface area (Å²) in [5.74, 6) is 0.659. The molecular formula is C23H18Cl2N5O2S+. The van der Waals surface area contributed by atoms with E-state index in [1.807, 2.05) is 28.8 Å². The number of rotatable bonds is 7. The Morgan fingerprint density at radius 3 is 2.48 bits per heavy atom. The first-order valence-corrected chi connectivity index (χ1v) is 11.5. The molecule has 0 aliphatic rings. The highest BCUT2D eigenvalue weighted by atomic mass is 35.5. The summed E-state index contributed by atoms with van der Waals surface area (Å²) < 4.78 is 1.91. The Morgan fingerprint density at radius 2 is 1.79 bits per heavy atom. The van der Waals surface area contributed by atoms with Gasteiger partial charge in [0.15, 0.2) is 0 Å². The quantitative estimate of drug-likeness (QED) is 0.150. The molecule has 3 aromatic carbocycles. The van der Waals surface area contributed by atoms with Gasteiger partial charge in [-0.05, 0) is 78.0 Å². The SMILES string of the molecule is O=C(CSc1n[nH]c(-c2ccc(Cl)cc2)[n+]1-c1ccc(Cl)cc1)NN=Cc1cccc(O)c1. The van der Waals surface area contributed by atoms with Gasteiger partial charge in [-0.1, -0.05) is 35.3 Å². The van der Waals surface area contributed by atoms with Gasteiger partial charge in [0.2, 0.25) is 0 Å². The molecule has 0 unspecified atom stereocenters. The van der Waals surface area contributed by atoms with Gasteiger partial charge in [-0.15, -0.1) is 5.10 Å². The molecule has 4 aromatic rings. The molecule has 0 saturated heterocycles. The van der Waals surface area contributed by atoms with Crippen LogP contribution in [-0.4, -0.2) is 33.2 Å². The maximum absolute atomic E-state index is 12.3. The molecule has 33 heavy (non-hydrogen) atoms. The monoisotopic (exact) mass is 498 g/mol. The summed E-state index contributed by atoms with van der Waals surface area (Å²) in [6.07, 6.45) is 1.46. The zero-order valence-electron chi connectivity index (χ0n) is 17.1. The molecule has 1 aromatic heterocycles. The van der Waals surface area contributed by atoms with E-state index in [0.29, 0.717) is 20.8 Å². The number of aromatic hydroxyl groups is 1. The number of thioether (sulfide) groups is 1. The Morgan fingerprint density at radius 1 is 1.09 bits per heavy atom. The molecule has 7 nitrogen and oxygen atoms in total. The Bertz CT molecular complexity index is 1290. The van der Waals surface area contributed by atoms with E-state index in [1.54, 1.807) is 48.5 Å². The van der Waals surface area contributed by atoms with E-state index in [1.165, 1.54) is 18.0 Å². The van der Waals surface area contributed by atoms with Crippen molar-refractivity contribution in [3.8, 4) is 22.8 Å². The number of nitrogens with zero attached hydrogens (tertiary/aromatic N) is 3. The number of halogens is 2. The van der Waals surface area contributed by atoms with Crippen LogP contribution in [-0.2, 0) is 4.79 Å². The van der Waals surface area contributed by atoms with Crippen LogP contribution in [0.4, 0.5) is 0 Å². The molecule has 4 rings (SSSR count). The van der Waals surface area contributed by atoms with Gasteiger partial charge < -0.3 is 5.11 Å². The van der Waals surface area contributed by atoms with Crippen molar-refractivity contribution in [2.24, 2.45) is 5.10 Å². The normalized spacial score (nSPS) is 11.1. The summed E-state index contributed by atoms with van der Waals surface area (Å²) in [5, 5.41) is 22.7. The molecule has 0 radical (unpaired) electrons. The van der Waals surface area contributed by atoms with Gasteiger partial charge in [-0.3, -0.25) is 4.79 Å². The van der Waals surface area contributed by atoms with E-state index < -0.39 is 0 Å². The minimum Gasteiger partial charge on any atom is -0.508 e. The van der Waals surface area contributed by atoms with Gasteiger partial charge in [-0.25, -0.2) is 5.43 Å². The number of carbonyl (C=O) groups excluding carboxylic acids is 1. The molecule has 0 saturated carbocycles. The maximum atomic E-state index is 12.3. The first kappa shape index (κ1) is 22.8. The predicted molar refractivity (Wildman–Crippen MR) is 130 cm³/mol. The van der Waals surface area contributed by atoms with Crippen LogP contribution in [0, 0.1) is 0 Å². The van der Waals surface area contributed by atoms with Crippen LogP contribution >= 0.6 is 35.0 Å². The van der Waals surface area contributed by atoms with Crippen molar-refractivity contribution >= 4 is 47.1 Å². The molecule has 0 bridgehead atoms. The minimum atomic E-state index is -0.296. The Kier molecular flexibility index (Phi) is 7.29. The molecule has 166 valence electrons. The summed E-state index contributed by atoms with van der Waals surface area (Å²) in [6.45, 7) is 0. The van der Waals surface area contributed by atoms with Gasteiger partial charge in [0, 0.05) is 10.0 Å². The average molecular weight is 499 g/mol. The Labute approximate surface area is 204 Å². The number of nitrogens with one attached hydrogen (secondary N) is 2. The Balaban J connectivity index is 1.51. The molecule has 0 spiro atoms. The van der Waals surface area contributed by atoms with Crippen LogP contribution in [0.5, 0.6) is 5.75 Å². The fourth-order valence-electron chi connectivity index (χ4n) is 2.97. The van der Waals surface area contributed by atoms with Crippen molar-refractivity contribution in [3.63, 3.8) is 0 Å². The summed E-state index contributed by atoms with van der Waals surface area (Å²) in [4.78, 5) is 12.3. The maximum Gasteiger partial charge on any atom is 0.342 e. The lowest BCUT2D eigenvalue weighted by Gasteiger charge is -2.05. The van der Waals surface area contributed by atoms with Crippen LogP contribution < -0.4 is 9.99 Å². The van der Waals surface area contributed by atoms with Crippen LogP contribution in [0.25, 0.3) is 17.1 Å². The molecule has 0 aliphatic carbocycles. The third-order valence-corrected chi connectivity index (χ3v) is 5.92. The van der Waals surface area contributed by atoms with Crippen molar-refractivity contribution in [3.05, 3.63) is 88.4 Å². The highest BCUT2D eigenvalue weighted by molar-refractivity contribution is 7.99. The fourth-order valence-corrected chi connectivity index (χ4v) is 3.98. The number of hydrogen-bond acceptors (Lipinski definition) is 5. The summed E-state index contributed by atoms with van der Waals surface area (Å²) in [5.41, 5.74) is 4.87. The standard InChI is InChI=1S/C23H17Cl2N5O2S/c24-17-6-4-16(5-7-17)22-28-29-23(30(22)19-10-8-18(25)9-11-19)33-14-21(32)27-26-13-15-2-1-3-20(31)12-15/h1-13H,14H2,(H2,27,31,32)/p+1. The molecule has 1 amide bonds. The summed E-state index contributed by atoms with van der Waals surface area (Å²) in [7, 11) is 0. The van der Waals surface area contributed by atoms with Crippen molar-refractivity contribution in [2.75, 3.05) is 5.75 Å². The smallest absolute Gasteiger partial charge is 0.342 e. The fraction of sp³-hybridized carbons (Fsp3) is 0.0435. The van der Waals surface area contributed by atoms with Gasteiger partial charge in [-0.2, -0.15) is 9.67 Å². The lowest BCUT2D eigenvalue weighted by atomic mass is 10.2. The zero-order valence-corrected chi connectivity index (χ0v) is 19.4. The van der Waals surface area contributed by atoms with E-state index in [-0.39, 0.29) is 17.4 Å². The first-order valence-electron chi connectivity index (χ1n) is 9.75. The molecule has 0 aliphatic heterocycles. The van der Waals surface area contributed by atoms with E-state index in [4.69, 9.17) is 23.2 Å². The largest absolute Gasteiger partial charge is 0.508 e. The van der Waals surface area contributed by atoms with Crippen molar-refractivity contribution < 1.29 is 14.5 Å². The minimum absolute atomic E-state index is 0.0931. The predicted octanol–water partition coefficient (Wildman–Crippen LogP) is 4.61. The second kappa shape index (κ2) is 10.5. The lowest BCUT2D eigenvalue weighted by Crippen LogP contribution is -2.34. The number of hydrazone groups is 1. The van der Waals surface area contributed by atoms with Gasteiger partial charge in [0.1, 0.15) is 11.4 Å². The van der Waals surface area contributed by atoms with E-state index in [9.17, 15) is 9.90 Å². The molecular weight excluding hydrogens is 481 g/mol. The molecule has 0 fully saturated rings. The number of phenolic OH excluding ortho intramolecular Hbond substituents is 1. The number of amides is 1.